The molecule has 1 nitrogen and oxygen atoms in total. The smallest absolute Gasteiger partial charge is 0.00607 e. The van der Waals surface area contributed by atoms with E-state index in [4.69, 9.17) is 5.73 Å². The van der Waals surface area contributed by atoms with Gasteiger partial charge in [-0.05, 0) is 49.3 Å². The van der Waals surface area contributed by atoms with Crippen LogP contribution in [0.15, 0.2) is 71.5 Å². The van der Waals surface area contributed by atoms with Gasteiger partial charge in [0.15, 0.2) is 0 Å². The summed E-state index contributed by atoms with van der Waals surface area (Å²) >= 11 is 0. The highest BCUT2D eigenvalue weighted by Crippen LogP contribution is 2.28. The summed E-state index contributed by atoms with van der Waals surface area (Å²) in [5.74, 6) is 0. The van der Waals surface area contributed by atoms with Gasteiger partial charge in [-0.25, -0.2) is 0 Å². The van der Waals surface area contributed by atoms with Crippen molar-refractivity contribution >= 4 is 0 Å². The van der Waals surface area contributed by atoms with Crippen LogP contribution < -0.4 is 5.73 Å². The molecule has 0 aromatic rings. The third-order valence-electron chi connectivity index (χ3n) is 2.58. The number of allylic oxidation sites excluding steroid dienone is 10. The highest BCUT2D eigenvalue weighted by molar-refractivity contribution is 5.51. The Labute approximate surface area is 112 Å². The van der Waals surface area contributed by atoms with Crippen molar-refractivity contribution in [1.29, 1.82) is 0 Å². The first kappa shape index (κ1) is 16.2. The van der Waals surface area contributed by atoms with Crippen LogP contribution in [0.3, 0.4) is 0 Å². The van der Waals surface area contributed by atoms with E-state index in [2.05, 4.69) is 38.7 Å². The molecular weight excluding hydrogens is 218 g/mol. The van der Waals surface area contributed by atoms with Crippen LogP contribution in [-0.4, -0.2) is 0 Å². The molecule has 0 radical (unpaired) electrons. The third kappa shape index (κ3) is 5.05. The number of hydrogen-bond donors (Lipinski definition) is 1. The van der Waals surface area contributed by atoms with Gasteiger partial charge in [-0.15, -0.1) is 0 Å². The quantitative estimate of drug-likeness (QED) is 0.707. The van der Waals surface area contributed by atoms with Crippen molar-refractivity contribution in [3.63, 3.8) is 0 Å². The van der Waals surface area contributed by atoms with E-state index in [1.54, 1.807) is 12.3 Å². The molecule has 0 bridgehead atoms. The number of hydrogen-bond acceptors (Lipinski definition) is 1. The van der Waals surface area contributed by atoms with Gasteiger partial charge in [0, 0.05) is 0 Å². The summed E-state index contributed by atoms with van der Waals surface area (Å²) in [5, 5.41) is 0. The van der Waals surface area contributed by atoms with E-state index in [1.165, 1.54) is 22.3 Å². The van der Waals surface area contributed by atoms with E-state index in [-0.39, 0.29) is 0 Å². The minimum Gasteiger partial charge on any atom is -0.405 e. The van der Waals surface area contributed by atoms with Crippen LogP contribution in [0.5, 0.6) is 0 Å². The zero-order valence-corrected chi connectivity index (χ0v) is 12.0. The molecule has 0 aromatic carbocycles. The normalized spacial score (nSPS) is 18.0. The van der Waals surface area contributed by atoms with Crippen LogP contribution in [0.4, 0.5) is 0 Å². The average Bonchev–Trinajstić information content (AvgIpc) is 2.38. The fourth-order valence-electron chi connectivity index (χ4n) is 1.87. The first-order chi connectivity index (χ1) is 8.69. The number of rotatable bonds is 3. The summed E-state index contributed by atoms with van der Waals surface area (Å²) in [6, 6.07) is 0. The molecule has 1 heteroatoms. The highest BCUT2D eigenvalue weighted by Gasteiger charge is 2.09. The van der Waals surface area contributed by atoms with Gasteiger partial charge < -0.3 is 5.73 Å². The third-order valence-corrected chi connectivity index (χ3v) is 2.58. The maximum atomic E-state index is 5.33. The molecular formula is C17H25N. The molecule has 1 aliphatic carbocycles. The molecule has 0 saturated carbocycles. The minimum atomic E-state index is 0.985. The Kier molecular flexibility index (Phi) is 8.38. The van der Waals surface area contributed by atoms with Gasteiger partial charge in [0.2, 0.25) is 0 Å². The molecule has 0 atom stereocenters. The van der Waals surface area contributed by atoms with Crippen molar-refractivity contribution in [3.05, 3.63) is 71.5 Å². The molecule has 0 fully saturated rings. The van der Waals surface area contributed by atoms with Crippen LogP contribution in [0.25, 0.3) is 0 Å². The summed E-state index contributed by atoms with van der Waals surface area (Å²) in [5.41, 5.74) is 10.6. The largest absolute Gasteiger partial charge is 0.405 e. The maximum absolute atomic E-state index is 5.33. The zero-order valence-electron chi connectivity index (χ0n) is 12.0. The van der Waals surface area contributed by atoms with Gasteiger partial charge in [-0.3, -0.25) is 0 Å². The molecule has 1 aliphatic rings. The van der Waals surface area contributed by atoms with Crippen molar-refractivity contribution in [1.82, 2.24) is 0 Å². The standard InChI is InChI=1S/C15H19N.C2H6/c1-4-5-8-15-12(2)10-14(7-6-9-16)11-13(15)3;1-2/h4-10H,1,11,16H2,2-3H3;1-2H3/b8-5-,9-6-,14-7-;. The Morgan fingerprint density at radius 1 is 1.22 bits per heavy atom. The van der Waals surface area contributed by atoms with Gasteiger partial charge >= 0.3 is 0 Å². The monoisotopic (exact) mass is 243 g/mol. The van der Waals surface area contributed by atoms with E-state index in [9.17, 15) is 0 Å². The molecule has 0 unspecified atom stereocenters. The Hall–Kier alpha value is -1.76. The maximum Gasteiger partial charge on any atom is -0.00607 e. The van der Waals surface area contributed by atoms with Crippen LogP contribution in [-0.2, 0) is 0 Å². The predicted octanol–water partition coefficient (Wildman–Crippen LogP) is 4.82. The van der Waals surface area contributed by atoms with Crippen molar-refractivity contribution in [2.24, 2.45) is 5.73 Å². The van der Waals surface area contributed by atoms with Gasteiger partial charge in [0.05, 0.1) is 0 Å². The molecule has 98 valence electrons. The van der Waals surface area contributed by atoms with Crippen LogP contribution in [0, 0.1) is 0 Å². The lowest BCUT2D eigenvalue weighted by Gasteiger charge is -2.16. The lowest BCUT2D eigenvalue weighted by Crippen LogP contribution is -1.97. The summed E-state index contributed by atoms with van der Waals surface area (Å²) < 4.78 is 0. The van der Waals surface area contributed by atoms with Gasteiger partial charge in [0.25, 0.3) is 0 Å². The lowest BCUT2D eigenvalue weighted by molar-refractivity contribution is 1.08. The van der Waals surface area contributed by atoms with Crippen LogP contribution >= 0.6 is 0 Å². The molecule has 18 heavy (non-hydrogen) atoms. The molecule has 0 heterocycles. The SMILES string of the molecule is C=C/C=C\C1=C(C)C/C(=C\C=C/N)C=C1C.CC. The fourth-order valence-corrected chi connectivity index (χ4v) is 1.87. The molecule has 0 saturated heterocycles. The second-order valence-electron chi connectivity index (χ2n) is 3.92. The van der Waals surface area contributed by atoms with Crippen molar-refractivity contribution in [3.8, 4) is 0 Å². The van der Waals surface area contributed by atoms with Crippen LogP contribution in [0.2, 0.25) is 0 Å². The summed E-state index contributed by atoms with van der Waals surface area (Å²) in [7, 11) is 0. The Bertz CT molecular complexity index is 415. The van der Waals surface area contributed by atoms with Gasteiger partial charge in [-0.2, -0.15) is 0 Å². The van der Waals surface area contributed by atoms with Crippen molar-refractivity contribution in [2.75, 3.05) is 0 Å². The average molecular weight is 243 g/mol. The second-order valence-corrected chi connectivity index (χ2v) is 3.92. The molecule has 2 N–H and O–H groups in total. The molecule has 0 spiro atoms. The van der Waals surface area contributed by atoms with E-state index >= 15 is 0 Å². The summed E-state index contributed by atoms with van der Waals surface area (Å²) in [4.78, 5) is 0. The highest BCUT2D eigenvalue weighted by atomic mass is 14.5. The predicted molar refractivity (Wildman–Crippen MR) is 83.2 cm³/mol. The topological polar surface area (TPSA) is 26.0 Å². The first-order valence-electron chi connectivity index (χ1n) is 6.44. The molecule has 0 aliphatic heterocycles. The van der Waals surface area contributed by atoms with Crippen molar-refractivity contribution in [2.45, 2.75) is 34.1 Å². The summed E-state index contributed by atoms with van der Waals surface area (Å²) in [6.07, 6.45) is 14.6. The first-order valence-corrected chi connectivity index (χ1v) is 6.44. The van der Waals surface area contributed by atoms with Crippen molar-refractivity contribution < 1.29 is 0 Å². The van der Waals surface area contributed by atoms with Gasteiger partial charge in [0.1, 0.15) is 0 Å². The Morgan fingerprint density at radius 2 is 1.89 bits per heavy atom. The minimum absolute atomic E-state index is 0.985. The molecule has 1 rings (SSSR count). The lowest BCUT2D eigenvalue weighted by atomic mass is 9.89. The molecule has 0 amide bonds. The zero-order chi connectivity index (χ0) is 14.0. The van der Waals surface area contributed by atoms with E-state index < -0.39 is 0 Å². The Morgan fingerprint density at radius 3 is 2.39 bits per heavy atom. The Balaban J connectivity index is 0.00000137. The fraction of sp³-hybridized carbons (Fsp3) is 0.294. The molecule has 0 aromatic heterocycles. The van der Waals surface area contributed by atoms with Crippen LogP contribution in [0.1, 0.15) is 34.1 Å². The van der Waals surface area contributed by atoms with E-state index in [0.29, 0.717) is 0 Å². The van der Waals surface area contributed by atoms with Gasteiger partial charge in [-0.1, -0.05) is 56.4 Å². The number of nitrogens with two attached hydrogens (primary N) is 1. The second kappa shape index (κ2) is 9.29. The summed E-state index contributed by atoms with van der Waals surface area (Å²) in [6.45, 7) is 12.0. The van der Waals surface area contributed by atoms with E-state index in [0.717, 1.165) is 6.42 Å². The van der Waals surface area contributed by atoms with E-state index in [1.807, 2.05) is 26.0 Å².